The highest BCUT2D eigenvalue weighted by atomic mass is 35.5. The van der Waals surface area contributed by atoms with E-state index < -0.39 is 0 Å². The number of nitrogens with zero attached hydrogens (tertiary/aromatic N) is 3. The molecule has 5 nitrogen and oxygen atoms in total. The summed E-state index contributed by atoms with van der Waals surface area (Å²) in [4.78, 5) is 18.3. The summed E-state index contributed by atoms with van der Waals surface area (Å²) in [5.74, 6) is 1.24. The normalized spacial score (nSPS) is 15.2. The van der Waals surface area contributed by atoms with Crippen LogP contribution in [0.2, 0.25) is 5.02 Å². The third kappa shape index (κ3) is 3.30. The Morgan fingerprint density at radius 1 is 1.41 bits per heavy atom. The first-order valence-corrected chi connectivity index (χ1v) is 7.85. The van der Waals surface area contributed by atoms with Gasteiger partial charge in [0, 0.05) is 23.6 Å². The van der Waals surface area contributed by atoms with Gasteiger partial charge in [-0.2, -0.15) is 4.98 Å². The summed E-state index contributed by atoms with van der Waals surface area (Å²) in [5, 5.41) is 4.58. The molecular weight excluding hydrogens is 302 g/mol. The third-order valence-electron chi connectivity index (χ3n) is 4.00. The minimum Gasteiger partial charge on any atom is -0.337 e. The van der Waals surface area contributed by atoms with Gasteiger partial charge in [0.25, 0.3) is 0 Å². The molecule has 1 saturated carbocycles. The largest absolute Gasteiger partial charge is 0.337 e. The fourth-order valence-electron chi connectivity index (χ4n) is 2.83. The summed E-state index contributed by atoms with van der Waals surface area (Å²) in [5.41, 5.74) is 0.798. The number of halogens is 1. The van der Waals surface area contributed by atoms with E-state index in [0.717, 1.165) is 31.2 Å². The molecule has 0 unspecified atom stereocenters. The van der Waals surface area contributed by atoms with Crippen LogP contribution in [-0.2, 0) is 11.3 Å². The topological polar surface area (TPSA) is 59.2 Å². The molecule has 0 aliphatic heterocycles. The van der Waals surface area contributed by atoms with Crippen molar-refractivity contribution in [3.63, 3.8) is 0 Å². The Morgan fingerprint density at radius 2 is 2.18 bits per heavy atom. The summed E-state index contributed by atoms with van der Waals surface area (Å²) in [6.07, 6.45) is 4.26. The second-order valence-corrected chi connectivity index (χ2v) is 6.13. The van der Waals surface area contributed by atoms with E-state index in [1.807, 2.05) is 12.1 Å². The second-order valence-electron chi connectivity index (χ2n) is 5.70. The van der Waals surface area contributed by atoms with Crippen molar-refractivity contribution in [3.8, 4) is 11.4 Å². The van der Waals surface area contributed by atoms with Crippen LogP contribution in [0.15, 0.2) is 28.8 Å². The maximum atomic E-state index is 12.3. The molecule has 1 aromatic carbocycles. The Bertz CT molecular complexity index is 665. The molecule has 1 fully saturated rings. The van der Waals surface area contributed by atoms with Crippen molar-refractivity contribution < 1.29 is 9.32 Å². The van der Waals surface area contributed by atoms with Crippen LogP contribution in [0.1, 0.15) is 31.6 Å². The SMILES string of the molecule is CN(Cc1nc(-c2cccc(Cl)c2)no1)C(=O)C1CCCC1. The minimum atomic E-state index is 0.153. The van der Waals surface area contributed by atoms with Crippen molar-refractivity contribution in [2.24, 2.45) is 5.92 Å². The number of hydrogen-bond acceptors (Lipinski definition) is 4. The number of aromatic nitrogens is 2. The highest BCUT2D eigenvalue weighted by molar-refractivity contribution is 6.30. The molecule has 3 rings (SSSR count). The molecule has 1 aromatic heterocycles. The van der Waals surface area contributed by atoms with Gasteiger partial charge in [0.05, 0.1) is 6.54 Å². The Kier molecular flexibility index (Phi) is 4.43. The summed E-state index contributed by atoms with van der Waals surface area (Å²) in [7, 11) is 1.78. The molecule has 1 aliphatic carbocycles. The molecule has 0 saturated heterocycles. The monoisotopic (exact) mass is 319 g/mol. The van der Waals surface area contributed by atoms with Gasteiger partial charge in [0.15, 0.2) is 0 Å². The van der Waals surface area contributed by atoms with E-state index in [2.05, 4.69) is 10.1 Å². The van der Waals surface area contributed by atoms with Crippen molar-refractivity contribution in [1.29, 1.82) is 0 Å². The maximum absolute atomic E-state index is 12.3. The average molecular weight is 320 g/mol. The minimum absolute atomic E-state index is 0.153. The average Bonchev–Trinajstić information content (AvgIpc) is 3.18. The summed E-state index contributed by atoms with van der Waals surface area (Å²) >= 11 is 5.96. The van der Waals surface area contributed by atoms with Gasteiger partial charge in [-0.1, -0.05) is 41.7 Å². The molecule has 6 heteroatoms. The fourth-order valence-corrected chi connectivity index (χ4v) is 3.02. The summed E-state index contributed by atoms with van der Waals surface area (Å²) < 4.78 is 5.24. The van der Waals surface area contributed by atoms with Crippen LogP contribution >= 0.6 is 11.6 Å². The fraction of sp³-hybridized carbons (Fsp3) is 0.438. The van der Waals surface area contributed by atoms with Crippen LogP contribution in [-0.4, -0.2) is 28.0 Å². The number of carbonyl (C=O) groups is 1. The van der Waals surface area contributed by atoms with Crippen LogP contribution < -0.4 is 0 Å². The molecule has 0 atom stereocenters. The highest BCUT2D eigenvalue weighted by Gasteiger charge is 2.26. The zero-order chi connectivity index (χ0) is 15.5. The zero-order valence-electron chi connectivity index (χ0n) is 12.5. The number of carbonyl (C=O) groups excluding carboxylic acids is 1. The van der Waals surface area contributed by atoms with E-state index in [1.54, 1.807) is 24.1 Å². The molecule has 0 radical (unpaired) electrons. The zero-order valence-corrected chi connectivity index (χ0v) is 13.2. The van der Waals surface area contributed by atoms with Gasteiger partial charge in [0.2, 0.25) is 17.6 Å². The van der Waals surface area contributed by atoms with E-state index in [4.69, 9.17) is 16.1 Å². The molecule has 116 valence electrons. The van der Waals surface area contributed by atoms with Gasteiger partial charge in [-0.05, 0) is 25.0 Å². The molecule has 0 N–H and O–H groups in total. The molecule has 1 heterocycles. The predicted molar refractivity (Wildman–Crippen MR) is 83.2 cm³/mol. The lowest BCUT2D eigenvalue weighted by molar-refractivity contribution is -0.134. The lowest BCUT2D eigenvalue weighted by Gasteiger charge is -2.18. The Labute approximate surface area is 134 Å². The van der Waals surface area contributed by atoms with Crippen LogP contribution in [0.4, 0.5) is 0 Å². The smallest absolute Gasteiger partial charge is 0.246 e. The molecule has 22 heavy (non-hydrogen) atoms. The van der Waals surface area contributed by atoms with E-state index in [0.29, 0.717) is 23.3 Å². The number of benzene rings is 1. The van der Waals surface area contributed by atoms with E-state index in [9.17, 15) is 4.79 Å². The number of amides is 1. The predicted octanol–water partition coefficient (Wildman–Crippen LogP) is 3.54. The number of hydrogen-bond donors (Lipinski definition) is 0. The lowest BCUT2D eigenvalue weighted by Crippen LogP contribution is -2.31. The van der Waals surface area contributed by atoms with Gasteiger partial charge < -0.3 is 9.42 Å². The van der Waals surface area contributed by atoms with Crippen molar-refractivity contribution in [3.05, 3.63) is 35.2 Å². The van der Waals surface area contributed by atoms with Gasteiger partial charge in [0.1, 0.15) is 0 Å². The van der Waals surface area contributed by atoms with Gasteiger partial charge >= 0.3 is 0 Å². The first-order valence-electron chi connectivity index (χ1n) is 7.47. The molecule has 0 spiro atoms. The summed E-state index contributed by atoms with van der Waals surface area (Å²) in [6, 6.07) is 7.28. The molecule has 2 aromatic rings. The number of rotatable bonds is 4. The van der Waals surface area contributed by atoms with Crippen molar-refractivity contribution in [1.82, 2.24) is 15.0 Å². The van der Waals surface area contributed by atoms with E-state index >= 15 is 0 Å². The molecule has 0 bridgehead atoms. The first kappa shape index (κ1) is 15.0. The van der Waals surface area contributed by atoms with Crippen molar-refractivity contribution in [2.75, 3.05) is 7.05 Å². The van der Waals surface area contributed by atoms with E-state index in [-0.39, 0.29) is 11.8 Å². The molecule has 1 amide bonds. The standard InChI is InChI=1S/C16H18ClN3O2/c1-20(16(21)11-5-2-3-6-11)10-14-18-15(19-22-14)12-7-4-8-13(17)9-12/h4,7-9,11H,2-3,5-6,10H2,1H3. The Morgan fingerprint density at radius 3 is 2.91 bits per heavy atom. The Balaban J connectivity index is 1.67. The van der Waals surface area contributed by atoms with Gasteiger partial charge in [-0.25, -0.2) is 0 Å². The second kappa shape index (κ2) is 6.48. The van der Waals surface area contributed by atoms with Gasteiger partial charge in [-0.15, -0.1) is 0 Å². The quantitative estimate of drug-likeness (QED) is 0.865. The first-order chi connectivity index (χ1) is 10.6. The van der Waals surface area contributed by atoms with Crippen molar-refractivity contribution in [2.45, 2.75) is 32.2 Å². The van der Waals surface area contributed by atoms with E-state index in [1.165, 1.54) is 0 Å². The van der Waals surface area contributed by atoms with Gasteiger partial charge in [-0.3, -0.25) is 4.79 Å². The third-order valence-corrected chi connectivity index (χ3v) is 4.24. The van der Waals surface area contributed by atoms with Crippen LogP contribution in [0.3, 0.4) is 0 Å². The maximum Gasteiger partial charge on any atom is 0.246 e. The Hall–Kier alpha value is -1.88. The van der Waals surface area contributed by atoms with Crippen LogP contribution in [0.25, 0.3) is 11.4 Å². The summed E-state index contributed by atoms with van der Waals surface area (Å²) in [6.45, 7) is 0.336. The van der Waals surface area contributed by atoms with Crippen LogP contribution in [0.5, 0.6) is 0 Å². The van der Waals surface area contributed by atoms with Crippen LogP contribution in [0, 0.1) is 5.92 Å². The molecule has 1 aliphatic rings. The van der Waals surface area contributed by atoms with Crippen molar-refractivity contribution >= 4 is 17.5 Å². The highest BCUT2D eigenvalue weighted by Crippen LogP contribution is 2.27. The lowest BCUT2D eigenvalue weighted by atomic mass is 10.1. The molecular formula is C16H18ClN3O2.